The van der Waals surface area contributed by atoms with E-state index >= 15 is 0 Å². The second-order valence-corrected chi connectivity index (χ2v) is 10.3. The average Bonchev–Trinajstić information content (AvgIpc) is 3.31. The lowest BCUT2D eigenvalue weighted by molar-refractivity contribution is -0.134. The number of nitrogens with zero attached hydrogens (tertiary/aromatic N) is 2. The number of hydrogen-bond donors (Lipinski definition) is 1. The van der Waals surface area contributed by atoms with Crippen LogP contribution in [0.3, 0.4) is 0 Å². The van der Waals surface area contributed by atoms with Crippen LogP contribution < -0.4 is 5.32 Å². The third kappa shape index (κ3) is 5.71. The van der Waals surface area contributed by atoms with Crippen molar-refractivity contribution >= 4 is 22.8 Å². The van der Waals surface area contributed by atoms with Crippen molar-refractivity contribution in [3.05, 3.63) is 77.2 Å². The number of alkyl halides is 3. The van der Waals surface area contributed by atoms with E-state index in [-0.39, 0.29) is 40.3 Å². The summed E-state index contributed by atoms with van der Waals surface area (Å²) in [4.78, 5) is 30.5. The summed E-state index contributed by atoms with van der Waals surface area (Å²) in [6, 6.07) is 15.5. The summed E-state index contributed by atoms with van der Waals surface area (Å²) in [7, 11) is 1.42. The smallest absolute Gasteiger partial charge is 0.389 e. The highest BCUT2D eigenvalue weighted by Crippen LogP contribution is 2.44. The van der Waals surface area contributed by atoms with Gasteiger partial charge in [0, 0.05) is 36.6 Å². The molecule has 6 nitrogen and oxygen atoms in total. The van der Waals surface area contributed by atoms with Crippen LogP contribution >= 0.6 is 0 Å². The predicted molar refractivity (Wildman–Crippen MR) is 143 cm³/mol. The average molecular weight is 564 g/mol. The standard InChI is InChI=1S/C31H25F4N3O3/c1-37-28(40)26-23-15-22(19-4-2-5-20(14-19)25(39)16-30(17-36)11-3-12-30)24(10-13-31(33,34)35)38-29(23)41-27(26)18-6-8-21(32)9-7-18/h2,4-9,14-15H,3,10-13,16H2,1H3,(H,37,40). The van der Waals surface area contributed by atoms with Gasteiger partial charge >= 0.3 is 6.18 Å². The highest BCUT2D eigenvalue weighted by Gasteiger charge is 2.39. The van der Waals surface area contributed by atoms with E-state index in [0.29, 0.717) is 35.1 Å². The lowest BCUT2D eigenvalue weighted by Crippen LogP contribution is -2.30. The molecule has 1 saturated carbocycles. The van der Waals surface area contributed by atoms with Crippen LogP contribution in [0.15, 0.2) is 59.0 Å². The number of nitriles is 1. The summed E-state index contributed by atoms with van der Waals surface area (Å²) >= 11 is 0. The van der Waals surface area contributed by atoms with E-state index in [0.717, 1.165) is 6.42 Å². The maximum absolute atomic E-state index is 13.6. The zero-order valence-electron chi connectivity index (χ0n) is 22.1. The fourth-order valence-electron chi connectivity index (χ4n) is 5.12. The molecule has 5 rings (SSSR count). The first-order chi connectivity index (χ1) is 19.5. The first-order valence-corrected chi connectivity index (χ1v) is 13.1. The minimum Gasteiger partial charge on any atom is -0.437 e. The molecule has 1 amide bonds. The van der Waals surface area contributed by atoms with E-state index in [2.05, 4.69) is 16.4 Å². The number of carbonyl (C=O) groups excluding carboxylic acids is 2. The Balaban J connectivity index is 1.65. The van der Waals surface area contributed by atoms with Gasteiger partial charge in [-0.2, -0.15) is 18.4 Å². The lowest BCUT2D eigenvalue weighted by Gasteiger charge is -2.34. The number of amides is 1. The van der Waals surface area contributed by atoms with Crippen LogP contribution in [-0.4, -0.2) is 29.9 Å². The Labute approximate surface area is 233 Å². The minimum absolute atomic E-state index is 0.0444. The molecule has 1 aliphatic carbocycles. The quantitative estimate of drug-likeness (QED) is 0.178. The Morgan fingerprint density at radius 2 is 1.83 bits per heavy atom. The van der Waals surface area contributed by atoms with Gasteiger partial charge in [-0.25, -0.2) is 9.37 Å². The molecule has 0 bridgehead atoms. The summed E-state index contributed by atoms with van der Waals surface area (Å²) in [6.45, 7) is 0. The maximum Gasteiger partial charge on any atom is 0.389 e. The van der Waals surface area contributed by atoms with Gasteiger partial charge in [0.15, 0.2) is 5.78 Å². The predicted octanol–water partition coefficient (Wildman–Crippen LogP) is 7.42. The third-order valence-corrected chi connectivity index (χ3v) is 7.51. The van der Waals surface area contributed by atoms with Crippen LogP contribution in [0.1, 0.15) is 58.5 Å². The van der Waals surface area contributed by atoms with E-state index in [1.807, 2.05) is 0 Å². The number of furan rings is 1. The Morgan fingerprint density at radius 1 is 1.10 bits per heavy atom. The summed E-state index contributed by atoms with van der Waals surface area (Å²) in [5.41, 5.74) is 0.917. The number of aryl methyl sites for hydroxylation is 1. The van der Waals surface area contributed by atoms with Crippen molar-refractivity contribution in [3.8, 4) is 28.5 Å². The van der Waals surface area contributed by atoms with Gasteiger partial charge in [-0.1, -0.05) is 24.6 Å². The molecule has 2 aromatic heterocycles. The summed E-state index contributed by atoms with van der Waals surface area (Å²) < 4.78 is 59.2. The van der Waals surface area contributed by atoms with Gasteiger partial charge < -0.3 is 9.73 Å². The number of fused-ring (bicyclic) bond motifs is 1. The molecular weight excluding hydrogens is 538 g/mol. The van der Waals surface area contributed by atoms with Gasteiger partial charge in [-0.15, -0.1) is 0 Å². The number of hydrogen-bond acceptors (Lipinski definition) is 5. The van der Waals surface area contributed by atoms with E-state index in [4.69, 9.17) is 4.42 Å². The molecule has 0 saturated heterocycles. The monoisotopic (exact) mass is 563 g/mol. The topological polar surface area (TPSA) is 96.0 Å². The molecule has 0 aliphatic heterocycles. The molecule has 0 spiro atoms. The highest BCUT2D eigenvalue weighted by atomic mass is 19.4. The molecule has 0 radical (unpaired) electrons. The van der Waals surface area contributed by atoms with Crippen LogP contribution in [0.4, 0.5) is 17.6 Å². The molecule has 10 heteroatoms. The molecule has 1 N–H and O–H groups in total. The number of halogens is 4. The molecular formula is C31H25F4N3O3. The van der Waals surface area contributed by atoms with E-state index in [1.54, 1.807) is 30.3 Å². The van der Waals surface area contributed by atoms with Gasteiger partial charge in [0.1, 0.15) is 11.6 Å². The van der Waals surface area contributed by atoms with Crippen molar-refractivity contribution in [2.75, 3.05) is 7.05 Å². The highest BCUT2D eigenvalue weighted by molar-refractivity contribution is 6.11. The molecule has 2 heterocycles. The Morgan fingerprint density at radius 3 is 2.44 bits per heavy atom. The lowest BCUT2D eigenvalue weighted by atomic mass is 9.66. The zero-order valence-corrected chi connectivity index (χ0v) is 22.1. The van der Waals surface area contributed by atoms with Gasteiger partial charge in [-0.3, -0.25) is 9.59 Å². The van der Waals surface area contributed by atoms with E-state index < -0.39 is 36.2 Å². The Bertz CT molecular complexity index is 1680. The van der Waals surface area contributed by atoms with Crippen LogP contribution in [0, 0.1) is 22.6 Å². The van der Waals surface area contributed by atoms with Gasteiger partial charge in [0.2, 0.25) is 5.71 Å². The molecule has 2 aromatic carbocycles. The normalized spacial score (nSPS) is 14.3. The Hall–Kier alpha value is -4.52. The molecule has 41 heavy (non-hydrogen) atoms. The van der Waals surface area contributed by atoms with Gasteiger partial charge in [0.05, 0.1) is 28.1 Å². The van der Waals surface area contributed by atoms with Crippen LogP contribution in [-0.2, 0) is 6.42 Å². The largest absolute Gasteiger partial charge is 0.437 e. The minimum atomic E-state index is -4.45. The third-order valence-electron chi connectivity index (χ3n) is 7.51. The van der Waals surface area contributed by atoms with Crippen LogP contribution in [0.25, 0.3) is 33.6 Å². The fraction of sp³-hybridized carbons (Fsp3) is 0.290. The number of rotatable bonds is 8. The first-order valence-electron chi connectivity index (χ1n) is 13.1. The van der Waals surface area contributed by atoms with Crippen molar-refractivity contribution < 1.29 is 31.6 Å². The van der Waals surface area contributed by atoms with Crippen molar-refractivity contribution in [2.45, 2.75) is 44.7 Å². The zero-order chi connectivity index (χ0) is 29.4. The molecule has 1 fully saturated rings. The number of carbonyl (C=O) groups is 2. The SMILES string of the molecule is CNC(=O)c1c(-c2ccc(F)cc2)oc2nc(CCC(F)(F)F)c(-c3cccc(C(=O)CC4(C#N)CCC4)c3)cc12. The van der Waals surface area contributed by atoms with Crippen LogP contribution in [0.2, 0.25) is 0 Å². The maximum atomic E-state index is 13.6. The number of pyridine rings is 1. The summed E-state index contributed by atoms with van der Waals surface area (Å²) in [6.07, 6.45) is -3.81. The number of nitrogens with one attached hydrogen (secondary N) is 1. The number of benzene rings is 2. The number of Topliss-reactive ketones (excluding diaryl/α,β-unsaturated/α-hetero) is 1. The molecule has 4 aromatic rings. The second kappa shape index (κ2) is 10.8. The van der Waals surface area contributed by atoms with Crippen molar-refractivity contribution in [1.29, 1.82) is 5.26 Å². The molecule has 0 unspecified atom stereocenters. The van der Waals surface area contributed by atoms with Crippen molar-refractivity contribution in [2.24, 2.45) is 5.41 Å². The molecule has 1 aliphatic rings. The van der Waals surface area contributed by atoms with E-state index in [9.17, 15) is 32.4 Å². The van der Waals surface area contributed by atoms with Gasteiger partial charge in [0.25, 0.3) is 5.91 Å². The first kappa shape index (κ1) is 28.0. The number of aromatic nitrogens is 1. The summed E-state index contributed by atoms with van der Waals surface area (Å²) in [5, 5.41) is 12.3. The molecule has 0 atom stereocenters. The molecule has 210 valence electrons. The van der Waals surface area contributed by atoms with E-state index in [1.165, 1.54) is 31.3 Å². The van der Waals surface area contributed by atoms with Gasteiger partial charge in [-0.05, 0) is 61.2 Å². The summed E-state index contributed by atoms with van der Waals surface area (Å²) in [5.74, 6) is -1.15. The fourth-order valence-corrected chi connectivity index (χ4v) is 5.12. The van der Waals surface area contributed by atoms with Crippen molar-refractivity contribution in [1.82, 2.24) is 10.3 Å². The van der Waals surface area contributed by atoms with Crippen molar-refractivity contribution in [3.63, 3.8) is 0 Å². The second-order valence-electron chi connectivity index (χ2n) is 10.3. The number of ketones is 1. The van der Waals surface area contributed by atoms with Crippen LogP contribution in [0.5, 0.6) is 0 Å². The Kier molecular flexibility index (Phi) is 7.39.